The fourth-order valence-corrected chi connectivity index (χ4v) is 2.98. The van der Waals surface area contributed by atoms with Gasteiger partial charge in [-0.3, -0.25) is 4.98 Å². The summed E-state index contributed by atoms with van der Waals surface area (Å²) in [5.74, 6) is 0.420. The van der Waals surface area contributed by atoms with Gasteiger partial charge in [-0.25, -0.2) is 13.8 Å². The van der Waals surface area contributed by atoms with Crippen molar-refractivity contribution in [3.05, 3.63) is 30.0 Å². The lowest BCUT2D eigenvalue weighted by molar-refractivity contribution is 0.510. The molecule has 0 amide bonds. The molecule has 2 N–H and O–H groups in total. The summed E-state index contributed by atoms with van der Waals surface area (Å²) in [5, 5.41) is 6.68. The van der Waals surface area contributed by atoms with Gasteiger partial charge in [-0.05, 0) is 24.8 Å². The molecule has 1 aromatic carbocycles. The van der Waals surface area contributed by atoms with E-state index in [2.05, 4.69) is 20.6 Å². The zero-order valence-corrected chi connectivity index (χ0v) is 10.7. The maximum atomic E-state index is 13.2. The first-order valence-corrected chi connectivity index (χ1v) is 6.80. The number of piperidine rings is 1. The third kappa shape index (κ3) is 2.00. The molecular weight excluding hydrogens is 262 g/mol. The van der Waals surface area contributed by atoms with Crippen molar-refractivity contribution in [2.45, 2.75) is 12.5 Å². The zero-order chi connectivity index (χ0) is 13.7. The monoisotopic (exact) mass is 276 g/mol. The van der Waals surface area contributed by atoms with Crippen LogP contribution in [0.25, 0.3) is 11.0 Å². The van der Waals surface area contributed by atoms with Crippen LogP contribution in [0.2, 0.25) is 0 Å². The second kappa shape index (κ2) is 4.34. The fraction of sp³-hybridized carbons (Fsp3) is 0.429. The summed E-state index contributed by atoms with van der Waals surface area (Å²) in [6, 6.07) is 2.62. The van der Waals surface area contributed by atoms with Gasteiger partial charge in [0.05, 0.1) is 17.2 Å². The van der Waals surface area contributed by atoms with Crippen molar-refractivity contribution in [2.24, 2.45) is 11.8 Å². The van der Waals surface area contributed by atoms with Gasteiger partial charge in [-0.15, -0.1) is 0 Å². The second-order valence-corrected chi connectivity index (χ2v) is 5.57. The molecule has 3 atom stereocenters. The van der Waals surface area contributed by atoms with Gasteiger partial charge in [0, 0.05) is 24.7 Å². The van der Waals surface area contributed by atoms with E-state index >= 15 is 0 Å². The quantitative estimate of drug-likeness (QED) is 0.899. The van der Waals surface area contributed by atoms with Gasteiger partial charge < -0.3 is 10.6 Å². The minimum atomic E-state index is -0.901. The number of rotatable bonds is 3. The topological polar surface area (TPSA) is 49.8 Å². The molecule has 20 heavy (non-hydrogen) atoms. The van der Waals surface area contributed by atoms with Gasteiger partial charge >= 0.3 is 0 Å². The van der Waals surface area contributed by atoms with E-state index in [0.29, 0.717) is 22.9 Å². The van der Waals surface area contributed by atoms with Crippen LogP contribution in [0.15, 0.2) is 18.3 Å². The Bertz CT molecular complexity index is 676. The predicted octanol–water partition coefficient (Wildman–Crippen LogP) is 1.93. The maximum Gasteiger partial charge on any atom is 0.161 e. The molecule has 2 fully saturated rings. The smallest absolute Gasteiger partial charge is 0.161 e. The van der Waals surface area contributed by atoms with Crippen molar-refractivity contribution >= 4 is 16.9 Å². The molecule has 0 bridgehead atoms. The van der Waals surface area contributed by atoms with Crippen LogP contribution in [-0.2, 0) is 0 Å². The number of nitrogens with one attached hydrogen (secondary N) is 2. The predicted molar refractivity (Wildman–Crippen MR) is 71.3 cm³/mol. The third-order valence-corrected chi connectivity index (χ3v) is 4.22. The van der Waals surface area contributed by atoms with Crippen molar-refractivity contribution in [1.82, 2.24) is 15.3 Å². The van der Waals surface area contributed by atoms with Crippen molar-refractivity contribution in [3.63, 3.8) is 0 Å². The van der Waals surface area contributed by atoms with Gasteiger partial charge in [0.1, 0.15) is 5.82 Å². The van der Waals surface area contributed by atoms with Crippen molar-refractivity contribution in [1.29, 1.82) is 0 Å². The summed E-state index contributed by atoms with van der Waals surface area (Å²) in [6.07, 6.45) is 2.87. The molecule has 2 aliphatic rings. The van der Waals surface area contributed by atoms with E-state index in [1.165, 1.54) is 6.42 Å². The van der Waals surface area contributed by atoms with E-state index < -0.39 is 11.6 Å². The van der Waals surface area contributed by atoms with Crippen LogP contribution in [0.5, 0.6) is 0 Å². The first-order valence-electron chi connectivity index (χ1n) is 6.80. The number of halogens is 2. The number of fused-ring (bicyclic) bond motifs is 2. The molecule has 104 valence electrons. The van der Waals surface area contributed by atoms with E-state index in [4.69, 9.17) is 0 Å². The molecular formula is C14H14F2N4. The first kappa shape index (κ1) is 12.0. The van der Waals surface area contributed by atoms with Crippen LogP contribution >= 0.6 is 0 Å². The SMILES string of the molecule is Fc1cc2ncc(NCC3NCC4CC43)nc2cc1F. The molecule has 1 saturated carbocycles. The van der Waals surface area contributed by atoms with Crippen LogP contribution in [0.1, 0.15) is 6.42 Å². The minimum Gasteiger partial charge on any atom is -0.367 e. The average Bonchev–Trinajstić information content (AvgIpc) is 3.11. The number of hydrogen-bond acceptors (Lipinski definition) is 4. The molecule has 1 saturated heterocycles. The van der Waals surface area contributed by atoms with Gasteiger partial charge in [-0.1, -0.05) is 0 Å². The molecule has 0 spiro atoms. The Morgan fingerprint density at radius 1 is 1.25 bits per heavy atom. The van der Waals surface area contributed by atoms with Gasteiger partial charge in [-0.2, -0.15) is 0 Å². The van der Waals surface area contributed by atoms with Crippen LogP contribution in [0.3, 0.4) is 0 Å². The van der Waals surface area contributed by atoms with Crippen LogP contribution in [0.4, 0.5) is 14.6 Å². The molecule has 0 radical (unpaired) electrons. The summed E-state index contributed by atoms with van der Waals surface area (Å²) in [4.78, 5) is 8.37. The first-order chi connectivity index (χ1) is 9.70. The van der Waals surface area contributed by atoms with E-state index in [1.54, 1.807) is 6.20 Å². The Balaban J connectivity index is 1.53. The second-order valence-electron chi connectivity index (χ2n) is 5.57. The van der Waals surface area contributed by atoms with Crippen LogP contribution in [-0.4, -0.2) is 29.1 Å². The Labute approximate surface area is 114 Å². The van der Waals surface area contributed by atoms with Crippen LogP contribution in [0, 0.1) is 23.5 Å². The molecule has 3 unspecified atom stereocenters. The number of hydrogen-bond donors (Lipinski definition) is 2. The van der Waals surface area contributed by atoms with Gasteiger partial charge in [0.15, 0.2) is 11.6 Å². The van der Waals surface area contributed by atoms with Crippen molar-refractivity contribution < 1.29 is 8.78 Å². The minimum absolute atomic E-state index is 0.357. The maximum absolute atomic E-state index is 13.2. The van der Waals surface area contributed by atoms with Gasteiger partial charge in [0.2, 0.25) is 0 Å². The van der Waals surface area contributed by atoms with Crippen LogP contribution < -0.4 is 10.6 Å². The van der Waals surface area contributed by atoms with E-state index in [9.17, 15) is 8.78 Å². The number of anilines is 1. The lowest BCUT2D eigenvalue weighted by Gasteiger charge is -2.14. The molecule has 6 heteroatoms. The highest BCUT2D eigenvalue weighted by Crippen LogP contribution is 2.44. The highest BCUT2D eigenvalue weighted by molar-refractivity contribution is 5.75. The Kier molecular flexibility index (Phi) is 2.60. The molecule has 4 rings (SSSR count). The highest BCUT2D eigenvalue weighted by atomic mass is 19.2. The van der Waals surface area contributed by atoms with Gasteiger partial charge in [0.25, 0.3) is 0 Å². The Hall–Kier alpha value is -1.82. The Morgan fingerprint density at radius 3 is 2.75 bits per heavy atom. The summed E-state index contributed by atoms with van der Waals surface area (Å²) in [7, 11) is 0. The van der Waals surface area contributed by atoms with Crippen molar-refractivity contribution in [3.8, 4) is 0 Å². The third-order valence-electron chi connectivity index (χ3n) is 4.22. The normalized spacial score (nSPS) is 27.6. The largest absolute Gasteiger partial charge is 0.367 e. The van der Waals surface area contributed by atoms with E-state index in [0.717, 1.165) is 37.1 Å². The molecule has 2 aromatic rings. The van der Waals surface area contributed by atoms with E-state index in [1.807, 2.05) is 0 Å². The zero-order valence-electron chi connectivity index (χ0n) is 10.7. The molecule has 1 aliphatic carbocycles. The summed E-state index contributed by atoms with van der Waals surface area (Å²) in [5.41, 5.74) is 0.716. The summed E-state index contributed by atoms with van der Waals surface area (Å²) >= 11 is 0. The standard InChI is InChI=1S/C14H14F2N4/c15-9-2-11-12(3-10(9)16)20-14(6-18-11)19-5-13-8-1-7(8)4-17-13/h2-3,6-8,13,17H,1,4-5H2,(H,19,20). The summed E-state index contributed by atoms with van der Waals surface area (Å²) in [6.45, 7) is 1.88. The lowest BCUT2D eigenvalue weighted by atomic mass is 10.2. The Morgan fingerprint density at radius 2 is 2.05 bits per heavy atom. The average molecular weight is 276 g/mol. The molecule has 2 heterocycles. The molecule has 4 nitrogen and oxygen atoms in total. The number of aromatic nitrogens is 2. The molecule has 1 aromatic heterocycles. The molecule has 1 aliphatic heterocycles. The number of nitrogens with zero attached hydrogens (tertiary/aromatic N) is 2. The number of benzene rings is 1. The van der Waals surface area contributed by atoms with Crippen molar-refractivity contribution in [2.75, 3.05) is 18.4 Å². The highest BCUT2D eigenvalue weighted by Gasteiger charge is 2.47. The lowest BCUT2D eigenvalue weighted by Crippen LogP contribution is -2.33. The van der Waals surface area contributed by atoms with E-state index in [-0.39, 0.29) is 0 Å². The summed E-state index contributed by atoms with van der Waals surface area (Å²) < 4.78 is 26.3. The fourth-order valence-electron chi connectivity index (χ4n) is 2.98.